The van der Waals surface area contributed by atoms with Crippen molar-refractivity contribution >= 4 is 5.95 Å². The van der Waals surface area contributed by atoms with Crippen LogP contribution in [0.3, 0.4) is 0 Å². The summed E-state index contributed by atoms with van der Waals surface area (Å²) < 4.78 is 10.7. The Balaban J connectivity index is 3.07. The third-order valence-electron chi connectivity index (χ3n) is 2.22. The Labute approximate surface area is 125 Å². The van der Waals surface area contributed by atoms with E-state index in [1.54, 1.807) is 24.3 Å². The van der Waals surface area contributed by atoms with Gasteiger partial charge in [0.1, 0.15) is 13.2 Å². The summed E-state index contributed by atoms with van der Waals surface area (Å²) in [5.74, 6) is 0.433. The second kappa shape index (κ2) is 9.30. The van der Waals surface area contributed by atoms with Gasteiger partial charge in [0.25, 0.3) is 0 Å². The van der Waals surface area contributed by atoms with Gasteiger partial charge in [0.15, 0.2) is 0 Å². The van der Waals surface area contributed by atoms with Crippen LogP contribution >= 0.6 is 0 Å². The summed E-state index contributed by atoms with van der Waals surface area (Å²) in [5.41, 5.74) is 0. The Morgan fingerprint density at radius 3 is 1.62 bits per heavy atom. The first kappa shape index (κ1) is 16.4. The number of hydrogen-bond donors (Lipinski definition) is 0. The van der Waals surface area contributed by atoms with E-state index in [0.717, 1.165) is 0 Å². The summed E-state index contributed by atoms with van der Waals surface area (Å²) in [6, 6.07) is 0.356. The van der Waals surface area contributed by atoms with E-state index in [2.05, 4.69) is 41.3 Å². The maximum absolute atomic E-state index is 5.36. The van der Waals surface area contributed by atoms with Crippen LogP contribution in [0.25, 0.3) is 0 Å². The maximum atomic E-state index is 5.36. The molecule has 0 fully saturated rings. The summed E-state index contributed by atoms with van der Waals surface area (Å²) in [6.45, 7) is 16.3. The van der Waals surface area contributed by atoms with Gasteiger partial charge in [-0.15, -0.1) is 18.1 Å². The van der Waals surface area contributed by atoms with Gasteiger partial charge >= 0.3 is 12.0 Å². The molecule has 1 rings (SSSR count). The van der Waals surface area contributed by atoms with Crippen molar-refractivity contribution in [3.05, 3.63) is 50.6 Å². The molecule has 1 aromatic heterocycles. The molecule has 0 saturated carbocycles. The van der Waals surface area contributed by atoms with Gasteiger partial charge in [-0.05, 0) is 0 Å². The first-order chi connectivity index (χ1) is 10.2. The molecule has 0 spiro atoms. The van der Waals surface area contributed by atoms with Gasteiger partial charge in [0.05, 0.1) is 0 Å². The van der Waals surface area contributed by atoms with Crippen LogP contribution < -0.4 is 14.4 Å². The lowest BCUT2D eigenvalue weighted by atomic mass is 10.5. The summed E-state index contributed by atoms with van der Waals surface area (Å²) in [7, 11) is 0. The molecule has 1 heterocycles. The quantitative estimate of drug-likeness (QED) is 0.582. The fraction of sp³-hybridized carbons (Fsp3) is 0.267. The molecule has 0 N–H and O–H groups in total. The highest BCUT2D eigenvalue weighted by atomic mass is 16.5. The highest BCUT2D eigenvalue weighted by Gasteiger charge is 2.13. The lowest BCUT2D eigenvalue weighted by Gasteiger charge is -2.19. The van der Waals surface area contributed by atoms with Crippen LogP contribution in [-0.4, -0.2) is 41.3 Å². The van der Waals surface area contributed by atoms with Crippen LogP contribution in [0.15, 0.2) is 50.6 Å². The van der Waals surface area contributed by atoms with Crippen LogP contribution in [0.4, 0.5) is 5.95 Å². The number of aromatic nitrogens is 3. The molecule has 0 amide bonds. The highest BCUT2D eigenvalue weighted by Crippen LogP contribution is 2.16. The van der Waals surface area contributed by atoms with Crippen LogP contribution in [0.5, 0.6) is 12.0 Å². The second-order valence-corrected chi connectivity index (χ2v) is 3.88. The minimum absolute atomic E-state index is 0.178. The lowest BCUT2D eigenvalue weighted by molar-refractivity contribution is 0.298. The number of rotatable bonds is 11. The summed E-state index contributed by atoms with van der Waals surface area (Å²) in [5, 5.41) is 0. The standard InChI is InChI=1S/C15H20N4O2/c1-5-9-19(10-6-2)13-16-14(20-11-7-3)18-15(17-13)21-12-8-4/h5-8H,1-4,9-12H2. The van der Waals surface area contributed by atoms with Gasteiger partial charge < -0.3 is 14.4 Å². The molecule has 0 aromatic carbocycles. The average Bonchev–Trinajstić information content (AvgIpc) is 2.50. The summed E-state index contributed by atoms with van der Waals surface area (Å²) in [6.07, 6.45) is 6.72. The van der Waals surface area contributed by atoms with Crippen molar-refractivity contribution in [2.75, 3.05) is 31.2 Å². The van der Waals surface area contributed by atoms with E-state index >= 15 is 0 Å². The van der Waals surface area contributed by atoms with Crippen molar-refractivity contribution < 1.29 is 9.47 Å². The Hall–Kier alpha value is -2.63. The fourth-order valence-corrected chi connectivity index (χ4v) is 1.41. The van der Waals surface area contributed by atoms with Crippen molar-refractivity contribution in [2.24, 2.45) is 0 Å². The Bertz CT molecular complexity index is 462. The van der Waals surface area contributed by atoms with E-state index < -0.39 is 0 Å². The Morgan fingerprint density at radius 2 is 1.24 bits per heavy atom. The van der Waals surface area contributed by atoms with E-state index in [-0.39, 0.29) is 12.0 Å². The molecular formula is C15H20N4O2. The molecule has 21 heavy (non-hydrogen) atoms. The molecule has 1 aromatic rings. The van der Waals surface area contributed by atoms with Gasteiger partial charge in [-0.2, -0.15) is 9.97 Å². The molecule has 6 nitrogen and oxygen atoms in total. The van der Waals surface area contributed by atoms with Crippen molar-refractivity contribution in [1.82, 2.24) is 15.0 Å². The largest absolute Gasteiger partial charge is 0.459 e. The Morgan fingerprint density at radius 1 is 0.762 bits per heavy atom. The number of ether oxygens (including phenoxy) is 2. The molecule has 112 valence electrons. The molecule has 0 aliphatic rings. The summed E-state index contributed by atoms with van der Waals surface area (Å²) in [4.78, 5) is 14.4. The zero-order chi connectivity index (χ0) is 15.5. The van der Waals surface area contributed by atoms with Crippen LogP contribution in [-0.2, 0) is 0 Å². The van der Waals surface area contributed by atoms with Crippen LogP contribution in [0.2, 0.25) is 0 Å². The van der Waals surface area contributed by atoms with E-state index in [4.69, 9.17) is 9.47 Å². The first-order valence-corrected chi connectivity index (χ1v) is 6.45. The van der Waals surface area contributed by atoms with Gasteiger partial charge in [-0.25, -0.2) is 0 Å². The van der Waals surface area contributed by atoms with E-state index in [0.29, 0.717) is 32.3 Å². The first-order valence-electron chi connectivity index (χ1n) is 6.45. The second-order valence-electron chi connectivity index (χ2n) is 3.88. The van der Waals surface area contributed by atoms with Crippen LogP contribution in [0.1, 0.15) is 0 Å². The minimum atomic E-state index is 0.178. The molecule has 0 unspecified atom stereocenters. The normalized spacial score (nSPS) is 9.52. The predicted octanol–water partition coefficient (Wildman–Crippen LogP) is 2.18. The van der Waals surface area contributed by atoms with E-state index in [1.807, 2.05) is 4.90 Å². The molecule has 0 aliphatic carbocycles. The van der Waals surface area contributed by atoms with Crippen LogP contribution in [0, 0.1) is 0 Å². The zero-order valence-corrected chi connectivity index (χ0v) is 12.1. The number of anilines is 1. The van der Waals surface area contributed by atoms with E-state index in [1.165, 1.54) is 0 Å². The predicted molar refractivity (Wildman–Crippen MR) is 83.8 cm³/mol. The molecule has 0 radical (unpaired) electrons. The minimum Gasteiger partial charge on any atom is -0.459 e. The molecule has 6 heteroatoms. The number of hydrogen-bond acceptors (Lipinski definition) is 6. The van der Waals surface area contributed by atoms with Gasteiger partial charge in [0.2, 0.25) is 5.95 Å². The Kier molecular flexibility index (Phi) is 7.28. The third kappa shape index (κ3) is 5.48. The van der Waals surface area contributed by atoms with Gasteiger partial charge in [0, 0.05) is 13.1 Å². The van der Waals surface area contributed by atoms with Crippen molar-refractivity contribution in [3.63, 3.8) is 0 Å². The molecule has 0 saturated heterocycles. The fourth-order valence-electron chi connectivity index (χ4n) is 1.41. The molecule has 0 bridgehead atoms. The average molecular weight is 288 g/mol. The third-order valence-corrected chi connectivity index (χ3v) is 2.22. The van der Waals surface area contributed by atoms with Crippen molar-refractivity contribution in [3.8, 4) is 12.0 Å². The zero-order valence-electron chi connectivity index (χ0n) is 12.1. The lowest BCUT2D eigenvalue weighted by Crippen LogP contribution is -2.26. The van der Waals surface area contributed by atoms with E-state index in [9.17, 15) is 0 Å². The van der Waals surface area contributed by atoms with Crippen molar-refractivity contribution in [2.45, 2.75) is 0 Å². The molecule has 0 aliphatic heterocycles. The van der Waals surface area contributed by atoms with Gasteiger partial charge in [-0.1, -0.05) is 37.5 Å². The summed E-state index contributed by atoms with van der Waals surface area (Å²) >= 11 is 0. The van der Waals surface area contributed by atoms with Crippen molar-refractivity contribution in [1.29, 1.82) is 0 Å². The monoisotopic (exact) mass is 288 g/mol. The maximum Gasteiger partial charge on any atom is 0.324 e. The SMILES string of the molecule is C=CCOc1nc(OCC=C)nc(N(CC=C)CC=C)n1. The number of nitrogens with zero attached hydrogens (tertiary/aromatic N) is 4. The van der Waals surface area contributed by atoms with Gasteiger partial charge in [-0.3, -0.25) is 0 Å². The molecule has 0 atom stereocenters. The molecular weight excluding hydrogens is 268 g/mol. The smallest absolute Gasteiger partial charge is 0.324 e. The topological polar surface area (TPSA) is 60.4 Å². The highest BCUT2D eigenvalue weighted by molar-refractivity contribution is 5.34.